The first-order valence-corrected chi connectivity index (χ1v) is 7.97. The molecule has 0 spiro atoms. The van der Waals surface area contributed by atoms with E-state index in [2.05, 4.69) is 25.6 Å². The highest BCUT2D eigenvalue weighted by atomic mass is 16.5. The van der Waals surface area contributed by atoms with Gasteiger partial charge in [-0.3, -0.25) is 0 Å². The van der Waals surface area contributed by atoms with Crippen LogP contribution in [0.25, 0.3) is 11.5 Å². The lowest BCUT2D eigenvalue weighted by atomic mass is 9.64. The molecule has 3 unspecified atom stereocenters. The van der Waals surface area contributed by atoms with Crippen LogP contribution in [0.2, 0.25) is 5.31 Å². The molecule has 3 atom stereocenters. The minimum atomic E-state index is 0.323. The Balaban J connectivity index is 1.48. The zero-order valence-corrected chi connectivity index (χ0v) is 13.2. The highest BCUT2D eigenvalue weighted by molar-refractivity contribution is 6.17. The molecule has 22 heavy (non-hydrogen) atoms. The van der Waals surface area contributed by atoms with Gasteiger partial charge in [-0.2, -0.15) is 0 Å². The Labute approximate surface area is 132 Å². The van der Waals surface area contributed by atoms with Crippen LogP contribution in [0.15, 0.2) is 41.1 Å². The van der Waals surface area contributed by atoms with Gasteiger partial charge in [0, 0.05) is 5.56 Å². The van der Waals surface area contributed by atoms with Crippen molar-refractivity contribution in [3.05, 3.63) is 36.7 Å². The number of ether oxygens (including phenoxy) is 1. The summed E-state index contributed by atoms with van der Waals surface area (Å²) in [6.07, 6.45) is 5.88. The van der Waals surface area contributed by atoms with E-state index in [1.54, 1.807) is 12.5 Å². The molecule has 4 rings (SSSR count). The van der Waals surface area contributed by atoms with Gasteiger partial charge in [-0.15, -0.1) is 0 Å². The quantitative estimate of drug-likeness (QED) is 0.796. The first-order valence-electron chi connectivity index (χ1n) is 7.97. The van der Waals surface area contributed by atoms with E-state index in [0.29, 0.717) is 17.3 Å². The number of nitrogens with zero attached hydrogens (tertiary/aromatic N) is 2. The van der Waals surface area contributed by atoms with Crippen molar-refractivity contribution >= 4 is 15.8 Å². The van der Waals surface area contributed by atoms with E-state index >= 15 is 0 Å². The van der Waals surface area contributed by atoms with Crippen molar-refractivity contribution in [3.63, 3.8) is 0 Å². The Hall–Kier alpha value is -1.68. The fraction of sp³-hybridized carbons (Fsp3) is 0.438. The lowest BCUT2D eigenvalue weighted by molar-refractivity contribution is 0.196. The minimum absolute atomic E-state index is 0.323. The van der Waals surface area contributed by atoms with Gasteiger partial charge in [-0.25, -0.2) is 4.98 Å². The van der Waals surface area contributed by atoms with Crippen LogP contribution in [0, 0.1) is 5.92 Å². The van der Waals surface area contributed by atoms with Crippen molar-refractivity contribution in [2.75, 3.05) is 13.1 Å². The van der Waals surface area contributed by atoms with Gasteiger partial charge in [0.2, 0.25) is 5.89 Å². The van der Waals surface area contributed by atoms with Crippen molar-refractivity contribution in [3.8, 4) is 17.2 Å². The molecule has 0 amide bonds. The zero-order chi connectivity index (χ0) is 15.2. The molecule has 2 heterocycles. The highest BCUT2D eigenvalue weighted by Crippen LogP contribution is 2.52. The number of fused-ring (bicyclic) bond motifs is 1. The Bertz CT molecular complexity index is 664. The van der Waals surface area contributed by atoms with Crippen LogP contribution in [0.5, 0.6) is 5.75 Å². The van der Waals surface area contributed by atoms with Crippen LogP contribution in [0.3, 0.4) is 0 Å². The van der Waals surface area contributed by atoms with E-state index < -0.39 is 0 Å². The fourth-order valence-corrected chi connectivity index (χ4v) is 4.27. The number of rotatable bonds is 3. The molecule has 112 valence electrons. The van der Waals surface area contributed by atoms with E-state index in [1.807, 2.05) is 24.3 Å². The van der Waals surface area contributed by atoms with Crippen LogP contribution in [-0.4, -0.2) is 44.8 Å². The Kier molecular flexibility index (Phi) is 3.30. The third-order valence-corrected chi connectivity index (χ3v) is 5.21. The van der Waals surface area contributed by atoms with Crippen molar-refractivity contribution in [2.45, 2.75) is 24.3 Å². The number of benzene rings is 1. The van der Waals surface area contributed by atoms with E-state index in [0.717, 1.165) is 30.1 Å². The van der Waals surface area contributed by atoms with Gasteiger partial charge in [0.05, 0.1) is 12.3 Å². The summed E-state index contributed by atoms with van der Waals surface area (Å²) in [6.45, 7) is 2.39. The molecule has 1 aromatic carbocycles. The maximum Gasteiger partial charge on any atom is 0.225 e. The molecule has 0 radical (unpaired) electrons. The molecule has 0 bridgehead atoms. The summed E-state index contributed by atoms with van der Waals surface area (Å²) in [5.74, 6) is 2.32. The van der Waals surface area contributed by atoms with E-state index in [1.165, 1.54) is 13.1 Å². The van der Waals surface area contributed by atoms with Gasteiger partial charge in [0.15, 0.2) is 7.98 Å². The molecular weight excluding hydrogens is 274 g/mol. The minimum Gasteiger partial charge on any atom is -0.490 e. The third kappa shape index (κ3) is 2.45. The summed E-state index contributed by atoms with van der Waals surface area (Å²) in [6, 6.07) is 8.04. The van der Waals surface area contributed by atoms with Gasteiger partial charge < -0.3 is 14.0 Å². The maximum absolute atomic E-state index is 6.26. The lowest BCUT2D eigenvalue weighted by Crippen LogP contribution is -2.24. The van der Waals surface area contributed by atoms with Crippen LogP contribution in [0.4, 0.5) is 0 Å². The Morgan fingerprint density at radius 2 is 2.32 bits per heavy atom. The molecule has 4 nitrogen and oxygen atoms in total. The number of hydrogen-bond donors (Lipinski definition) is 0. The molecule has 2 aliphatic rings. The smallest absolute Gasteiger partial charge is 0.225 e. The molecule has 2 aromatic rings. The molecular formula is C16H20B2N2O2. The van der Waals surface area contributed by atoms with Crippen LogP contribution in [0.1, 0.15) is 12.8 Å². The van der Waals surface area contributed by atoms with Gasteiger partial charge in [-0.1, -0.05) is 6.07 Å². The first kappa shape index (κ1) is 13.9. The largest absolute Gasteiger partial charge is 0.490 e. The molecule has 6 heteroatoms. The van der Waals surface area contributed by atoms with Crippen LogP contribution < -0.4 is 4.74 Å². The van der Waals surface area contributed by atoms with E-state index in [9.17, 15) is 0 Å². The van der Waals surface area contributed by atoms with Gasteiger partial charge in [0.25, 0.3) is 0 Å². The zero-order valence-electron chi connectivity index (χ0n) is 13.2. The second-order valence-corrected chi connectivity index (χ2v) is 7.09. The summed E-state index contributed by atoms with van der Waals surface area (Å²) in [7, 11) is 4.63. The Morgan fingerprint density at radius 3 is 3.09 bits per heavy atom. The fourth-order valence-electron chi connectivity index (χ4n) is 4.27. The average Bonchev–Trinajstić information content (AvgIpc) is 3.13. The maximum atomic E-state index is 6.26. The van der Waals surface area contributed by atoms with Gasteiger partial charge in [0.1, 0.15) is 19.9 Å². The first-order chi connectivity index (χ1) is 10.6. The number of oxazole rings is 1. The molecule has 1 saturated heterocycles. The van der Waals surface area contributed by atoms with E-state index in [-0.39, 0.29) is 0 Å². The van der Waals surface area contributed by atoms with Crippen molar-refractivity contribution in [2.24, 2.45) is 5.92 Å². The normalized spacial score (nSPS) is 31.3. The van der Waals surface area contributed by atoms with Crippen LogP contribution in [-0.2, 0) is 0 Å². The molecule has 1 aliphatic heterocycles. The topological polar surface area (TPSA) is 38.5 Å². The molecule has 1 aromatic heterocycles. The highest BCUT2D eigenvalue weighted by Gasteiger charge is 2.49. The van der Waals surface area contributed by atoms with Crippen molar-refractivity contribution in [1.82, 2.24) is 9.79 Å². The van der Waals surface area contributed by atoms with E-state index in [4.69, 9.17) is 9.15 Å². The number of aromatic nitrogens is 1. The monoisotopic (exact) mass is 294 g/mol. The molecule has 1 saturated carbocycles. The summed E-state index contributed by atoms with van der Waals surface area (Å²) < 4.78 is 11.6. The standard InChI is InChI=1S/C16H20B2N2O2/c17-16-8-14(7-12(16)9-20(18)10-16)22-13-3-1-2-11(6-13)15-19-4-5-21-15/h1-6,12,14H,7-10,17-18H2. The second kappa shape index (κ2) is 5.20. The number of hydrogen-bond acceptors (Lipinski definition) is 4. The SMILES string of the molecule is BN1CC2CC(Oc3cccc(-c4ncco4)c3)CC2(B)C1. The predicted molar refractivity (Wildman–Crippen MR) is 90.4 cm³/mol. The molecule has 1 aliphatic carbocycles. The lowest BCUT2D eigenvalue weighted by Gasteiger charge is -2.23. The average molecular weight is 294 g/mol. The summed E-state index contributed by atoms with van der Waals surface area (Å²) >= 11 is 0. The predicted octanol–water partition coefficient (Wildman–Crippen LogP) is 1.15. The summed E-state index contributed by atoms with van der Waals surface area (Å²) in [4.78, 5) is 6.65. The van der Waals surface area contributed by atoms with Gasteiger partial charge >= 0.3 is 0 Å². The second-order valence-electron chi connectivity index (χ2n) is 7.09. The Morgan fingerprint density at radius 1 is 1.41 bits per heavy atom. The summed E-state index contributed by atoms with van der Waals surface area (Å²) in [5, 5.41) is 0.416. The van der Waals surface area contributed by atoms with Gasteiger partial charge in [-0.05, 0) is 55.4 Å². The molecule has 0 N–H and O–H groups in total. The molecule has 2 fully saturated rings. The van der Waals surface area contributed by atoms with Crippen LogP contribution >= 0.6 is 0 Å². The summed E-state index contributed by atoms with van der Waals surface area (Å²) in [5.41, 5.74) is 0.964. The van der Waals surface area contributed by atoms with Crippen molar-refractivity contribution in [1.29, 1.82) is 0 Å². The van der Waals surface area contributed by atoms with Crippen molar-refractivity contribution < 1.29 is 9.15 Å². The third-order valence-electron chi connectivity index (χ3n) is 5.21.